The molecule has 154 valence electrons. The van der Waals surface area contributed by atoms with E-state index in [9.17, 15) is 0 Å². The lowest BCUT2D eigenvalue weighted by atomic mass is 10.2. The summed E-state index contributed by atoms with van der Waals surface area (Å²) < 4.78 is 8.78. The number of fused-ring (bicyclic) bond motifs is 1. The Labute approximate surface area is 172 Å². The van der Waals surface area contributed by atoms with Gasteiger partial charge >= 0.3 is 0 Å². The van der Waals surface area contributed by atoms with Gasteiger partial charge in [0.1, 0.15) is 5.69 Å². The zero-order valence-electron chi connectivity index (χ0n) is 16.3. The Morgan fingerprint density at radius 3 is 2.77 bits per heavy atom. The van der Waals surface area contributed by atoms with Crippen LogP contribution < -0.4 is 10.2 Å². The van der Waals surface area contributed by atoms with Crippen LogP contribution in [0.2, 0.25) is 0 Å². The molecule has 0 unspecified atom stereocenters. The Hall–Kier alpha value is -3.50. The monoisotopic (exact) mass is 406 g/mol. The molecule has 0 aliphatic carbocycles. The van der Waals surface area contributed by atoms with Crippen LogP contribution in [0.5, 0.6) is 0 Å². The van der Waals surface area contributed by atoms with Gasteiger partial charge in [-0.25, -0.2) is 4.52 Å². The second kappa shape index (κ2) is 8.09. The van der Waals surface area contributed by atoms with Gasteiger partial charge in [-0.05, 0) is 24.3 Å². The zero-order chi connectivity index (χ0) is 20.3. The van der Waals surface area contributed by atoms with Gasteiger partial charge in [-0.1, -0.05) is 0 Å². The molecule has 0 radical (unpaired) electrons. The van der Waals surface area contributed by atoms with E-state index in [1.54, 1.807) is 27.8 Å². The number of aromatic nitrogens is 6. The van der Waals surface area contributed by atoms with Crippen molar-refractivity contribution in [1.29, 1.82) is 0 Å². The minimum atomic E-state index is 0.0298. The van der Waals surface area contributed by atoms with E-state index >= 15 is 0 Å². The Morgan fingerprint density at radius 2 is 1.97 bits per heavy atom. The van der Waals surface area contributed by atoms with Crippen LogP contribution >= 0.6 is 0 Å². The number of hydrogen-bond acceptors (Lipinski definition) is 8. The van der Waals surface area contributed by atoms with Crippen LogP contribution in [0, 0.1) is 0 Å². The van der Waals surface area contributed by atoms with Crippen LogP contribution in [0.4, 0.5) is 17.3 Å². The fourth-order valence-electron chi connectivity index (χ4n) is 3.49. The van der Waals surface area contributed by atoms with Gasteiger partial charge < -0.3 is 20.1 Å². The lowest BCUT2D eigenvalue weighted by Gasteiger charge is -2.28. The number of aliphatic hydroxyl groups excluding tert-OH is 1. The highest BCUT2D eigenvalue weighted by Gasteiger charge is 2.14. The summed E-state index contributed by atoms with van der Waals surface area (Å²) in [6, 6.07) is 8.22. The number of anilines is 3. The van der Waals surface area contributed by atoms with Gasteiger partial charge in [0.05, 0.1) is 32.6 Å². The highest BCUT2D eigenvalue weighted by atomic mass is 16.5. The van der Waals surface area contributed by atoms with E-state index in [0.29, 0.717) is 23.8 Å². The molecule has 1 fully saturated rings. The number of nitrogens with zero attached hydrogens (tertiary/aromatic N) is 7. The smallest absolute Gasteiger partial charge is 0.247 e. The van der Waals surface area contributed by atoms with E-state index in [-0.39, 0.29) is 6.61 Å². The molecule has 4 aromatic rings. The van der Waals surface area contributed by atoms with Gasteiger partial charge in [-0.15, -0.1) is 5.10 Å². The Bertz CT molecular complexity index is 1130. The van der Waals surface area contributed by atoms with Crippen LogP contribution in [0.1, 0.15) is 0 Å². The molecule has 1 aromatic carbocycles. The second-order valence-electron chi connectivity index (χ2n) is 6.97. The summed E-state index contributed by atoms with van der Waals surface area (Å²) in [4.78, 5) is 11.4. The van der Waals surface area contributed by atoms with Crippen molar-refractivity contribution in [3.63, 3.8) is 0 Å². The normalized spacial score (nSPS) is 14.4. The van der Waals surface area contributed by atoms with Gasteiger partial charge in [-0.3, -0.25) is 9.67 Å². The van der Waals surface area contributed by atoms with Crippen molar-refractivity contribution in [2.45, 2.75) is 6.54 Å². The third-order valence-electron chi connectivity index (χ3n) is 4.99. The van der Waals surface area contributed by atoms with Crippen LogP contribution in [0.3, 0.4) is 0 Å². The molecule has 0 atom stereocenters. The molecule has 1 aliphatic rings. The van der Waals surface area contributed by atoms with E-state index in [1.165, 1.54) is 5.69 Å². The topological polar surface area (TPSA) is 106 Å². The van der Waals surface area contributed by atoms with Crippen molar-refractivity contribution in [3.05, 3.63) is 49.1 Å². The fraction of sp³-hybridized carbons (Fsp3) is 0.300. The summed E-state index contributed by atoms with van der Waals surface area (Å²) >= 11 is 0. The average Bonchev–Trinajstić information content (AvgIpc) is 3.41. The minimum Gasteiger partial charge on any atom is -0.394 e. The molecule has 3 aromatic heterocycles. The van der Waals surface area contributed by atoms with Gasteiger partial charge in [0, 0.05) is 48.6 Å². The first-order chi connectivity index (χ1) is 14.8. The molecule has 0 amide bonds. The number of hydrogen-bond donors (Lipinski definition) is 2. The van der Waals surface area contributed by atoms with E-state index < -0.39 is 0 Å². The summed E-state index contributed by atoms with van der Waals surface area (Å²) in [6.45, 7) is 3.81. The van der Waals surface area contributed by atoms with Gasteiger partial charge in [-0.2, -0.15) is 10.1 Å². The molecule has 4 heterocycles. The van der Waals surface area contributed by atoms with E-state index in [0.717, 1.165) is 37.6 Å². The molecule has 5 rings (SSSR count). The molecule has 30 heavy (non-hydrogen) atoms. The molecule has 10 heteroatoms. The third-order valence-corrected chi connectivity index (χ3v) is 4.99. The third kappa shape index (κ3) is 3.70. The molecule has 1 saturated heterocycles. The standard InChI is InChI=1S/C20H22N8O2/c29-10-7-27-14-15(13-22-27)18-19-24-20(25-28(19)6-5-21-18)23-16-1-3-17(4-2-16)26-8-11-30-12-9-26/h1-6,13-14,29H,7-12H2,(H,23,25). The zero-order valence-corrected chi connectivity index (χ0v) is 16.3. The average molecular weight is 406 g/mol. The number of benzene rings is 1. The minimum absolute atomic E-state index is 0.0298. The molecule has 10 nitrogen and oxygen atoms in total. The van der Waals surface area contributed by atoms with Crippen LogP contribution in [0.15, 0.2) is 49.1 Å². The lowest BCUT2D eigenvalue weighted by molar-refractivity contribution is 0.122. The van der Waals surface area contributed by atoms with Crippen molar-refractivity contribution >= 4 is 23.0 Å². The van der Waals surface area contributed by atoms with Crippen LogP contribution in [-0.2, 0) is 11.3 Å². The number of ether oxygens (including phenoxy) is 1. The second-order valence-corrected chi connectivity index (χ2v) is 6.97. The summed E-state index contributed by atoms with van der Waals surface area (Å²) in [5.41, 5.74) is 4.23. The Balaban J connectivity index is 1.37. The van der Waals surface area contributed by atoms with E-state index in [1.807, 2.05) is 18.3 Å². The summed E-state index contributed by atoms with van der Waals surface area (Å²) in [5, 5.41) is 21.1. The molecule has 0 bridgehead atoms. The van der Waals surface area contributed by atoms with Gasteiger partial charge in [0.25, 0.3) is 0 Å². The van der Waals surface area contributed by atoms with Crippen LogP contribution in [-0.4, -0.2) is 67.4 Å². The van der Waals surface area contributed by atoms with Crippen LogP contribution in [0.25, 0.3) is 16.9 Å². The number of rotatable bonds is 6. The molecular weight excluding hydrogens is 384 g/mol. The molecular formula is C20H22N8O2. The Kier molecular flexibility index (Phi) is 4.99. The van der Waals surface area contributed by atoms with Gasteiger partial charge in [0.15, 0.2) is 5.65 Å². The molecule has 1 aliphatic heterocycles. The fourth-order valence-corrected chi connectivity index (χ4v) is 3.49. The summed E-state index contributed by atoms with van der Waals surface area (Å²) in [5.74, 6) is 0.492. The van der Waals surface area contributed by atoms with Crippen molar-refractivity contribution < 1.29 is 9.84 Å². The maximum Gasteiger partial charge on any atom is 0.247 e. The first kappa shape index (κ1) is 18.5. The number of aliphatic hydroxyl groups is 1. The first-order valence-electron chi connectivity index (χ1n) is 9.85. The number of morpholine rings is 1. The molecule has 0 saturated carbocycles. The predicted molar refractivity (Wildman–Crippen MR) is 112 cm³/mol. The highest BCUT2D eigenvalue weighted by Crippen LogP contribution is 2.24. The molecule has 0 spiro atoms. The van der Waals surface area contributed by atoms with E-state index in [2.05, 4.69) is 42.5 Å². The Morgan fingerprint density at radius 1 is 1.13 bits per heavy atom. The largest absolute Gasteiger partial charge is 0.394 e. The van der Waals surface area contributed by atoms with Crippen molar-refractivity contribution in [2.75, 3.05) is 43.1 Å². The van der Waals surface area contributed by atoms with E-state index in [4.69, 9.17) is 9.84 Å². The first-order valence-corrected chi connectivity index (χ1v) is 9.85. The maximum absolute atomic E-state index is 9.09. The summed E-state index contributed by atoms with van der Waals surface area (Å²) in [6.07, 6.45) is 6.99. The SMILES string of the molecule is OCCn1cc(-c2nccn3nc(Nc4ccc(N5CCOCC5)cc4)nc23)cn1. The lowest BCUT2D eigenvalue weighted by Crippen LogP contribution is -2.36. The summed E-state index contributed by atoms with van der Waals surface area (Å²) in [7, 11) is 0. The quantitative estimate of drug-likeness (QED) is 0.497. The highest BCUT2D eigenvalue weighted by molar-refractivity contribution is 5.73. The molecule has 2 N–H and O–H groups in total. The predicted octanol–water partition coefficient (Wildman–Crippen LogP) is 1.56. The van der Waals surface area contributed by atoms with Gasteiger partial charge in [0.2, 0.25) is 5.95 Å². The van der Waals surface area contributed by atoms with Crippen molar-refractivity contribution in [2.24, 2.45) is 0 Å². The number of nitrogens with one attached hydrogen (secondary N) is 1. The maximum atomic E-state index is 9.09. The van der Waals surface area contributed by atoms with Crippen molar-refractivity contribution in [1.82, 2.24) is 29.4 Å². The van der Waals surface area contributed by atoms with Crippen molar-refractivity contribution in [3.8, 4) is 11.3 Å².